The molecular weight excluding hydrogens is 239 g/mol. The first kappa shape index (κ1) is 13.9. The molecule has 1 N–H and O–H groups in total. The molecule has 0 heterocycles. The van der Waals surface area contributed by atoms with E-state index in [2.05, 4.69) is 4.74 Å². The molecule has 0 rings (SSSR count). The number of ether oxygens (including phenoxy) is 1. The normalized spacial score (nSPS) is 15.7. The maximum Gasteiger partial charge on any atom is 0.637 e. The van der Waals surface area contributed by atoms with Crippen molar-refractivity contribution in [3.8, 4) is 0 Å². The van der Waals surface area contributed by atoms with Gasteiger partial charge >= 0.3 is 5.92 Å². The number of rotatable bonds is 6. The Morgan fingerprint density at radius 3 is 2.13 bits per heavy atom. The molecule has 0 fully saturated rings. The monoisotopic (exact) mass is 246 g/mol. The van der Waals surface area contributed by atoms with Gasteiger partial charge in [-0.2, -0.15) is 0 Å². The third kappa shape index (κ3) is 3.53. The molecule has 0 saturated heterocycles. The van der Waals surface area contributed by atoms with Crippen molar-refractivity contribution in [3.63, 3.8) is 0 Å². The van der Waals surface area contributed by atoms with Gasteiger partial charge in [0.1, 0.15) is 9.85 Å². The van der Waals surface area contributed by atoms with Crippen LogP contribution in [0.15, 0.2) is 0 Å². The maximum atomic E-state index is 13.0. The SMILES string of the molecule is CC(O)(CCl)OCC(F)([N+](=O)[O-])[N+](=O)[O-]. The Labute approximate surface area is 87.9 Å². The molecule has 8 nitrogen and oxygen atoms in total. The Hall–Kier alpha value is -1.06. The summed E-state index contributed by atoms with van der Waals surface area (Å²) in [6.45, 7) is -0.549. The van der Waals surface area contributed by atoms with E-state index >= 15 is 0 Å². The second-order valence-corrected chi connectivity index (χ2v) is 3.10. The molecule has 0 bridgehead atoms. The highest BCUT2D eigenvalue weighted by molar-refractivity contribution is 6.18. The molecule has 0 aromatic rings. The van der Waals surface area contributed by atoms with E-state index < -0.39 is 34.0 Å². The molecule has 0 saturated carbocycles. The van der Waals surface area contributed by atoms with Crippen molar-refractivity contribution in [2.45, 2.75) is 18.6 Å². The smallest absolute Gasteiger partial charge is 0.365 e. The van der Waals surface area contributed by atoms with Crippen LogP contribution in [0, 0.1) is 20.2 Å². The first-order chi connectivity index (χ1) is 6.65. The highest BCUT2D eigenvalue weighted by Crippen LogP contribution is 2.17. The summed E-state index contributed by atoms with van der Waals surface area (Å²) in [5.41, 5.74) is 0. The zero-order chi connectivity index (χ0) is 12.3. The minimum absolute atomic E-state index is 0.515. The molecule has 15 heavy (non-hydrogen) atoms. The summed E-state index contributed by atoms with van der Waals surface area (Å²) in [6.07, 6.45) is 0. The average Bonchev–Trinajstić information content (AvgIpc) is 2.13. The van der Waals surface area contributed by atoms with Crippen molar-refractivity contribution in [2.75, 3.05) is 12.5 Å². The van der Waals surface area contributed by atoms with E-state index in [1.165, 1.54) is 0 Å². The zero-order valence-electron chi connectivity index (χ0n) is 7.55. The van der Waals surface area contributed by atoms with E-state index in [4.69, 9.17) is 16.7 Å². The lowest BCUT2D eigenvalue weighted by Crippen LogP contribution is -2.48. The van der Waals surface area contributed by atoms with Gasteiger partial charge in [-0.15, -0.1) is 11.6 Å². The van der Waals surface area contributed by atoms with Crippen LogP contribution in [0.25, 0.3) is 0 Å². The molecule has 0 aromatic heterocycles. The van der Waals surface area contributed by atoms with Crippen LogP contribution >= 0.6 is 11.6 Å². The highest BCUT2D eigenvalue weighted by atomic mass is 35.5. The third-order valence-electron chi connectivity index (χ3n) is 1.37. The van der Waals surface area contributed by atoms with Gasteiger partial charge in [-0.1, -0.05) is 4.39 Å². The second-order valence-electron chi connectivity index (χ2n) is 2.83. The van der Waals surface area contributed by atoms with Crippen LogP contribution in [0.1, 0.15) is 6.92 Å². The summed E-state index contributed by atoms with van der Waals surface area (Å²) in [4.78, 5) is 16.6. The summed E-state index contributed by atoms with van der Waals surface area (Å²) in [6, 6.07) is 0. The van der Waals surface area contributed by atoms with Gasteiger partial charge in [-0.25, -0.2) is 0 Å². The Morgan fingerprint density at radius 1 is 1.47 bits per heavy atom. The van der Waals surface area contributed by atoms with Crippen LogP contribution in [0.3, 0.4) is 0 Å². The van der Waals surface area contributed by atoms with Gasteiger partial charge in [-0.05, 0) is 6.92 Å². The first-order valence-electron chi connectivity index (χ1n) is 3.56. The maximum absolute atomic E-state index is 13.0. The third-order valence-corrected chi connectivity index (χ3v) is 1.87. The molecule has 1 atom stereocenters. The predicted molar refractivity (Wildman–Crippen MR) is 45.1 cm³/mol. The Balaban J connectivity index is 4.60. The van der Waals surface area contributed by atoms with Crippen molar-refractivity contribution in [3.05, 3.63) is 20.2 Å². The molecule has 0 aliphatic heterocycles. The predicted octanol–water partition coefficient (Wildman–Crippen LogP) is 0.127. The van der Waals surface area contributed by atoms with Gasteiger partial charge < -0.3 is 9.84 Å². The first-order valence-corrected chi connectivity index (χ1v) is 4.09. The van der Waals surface area contributed by atoms with Crippen LogP contribution in [-0.4, -0.2) is 39.1 Å². The largest absolute Gasteiger partial charge is 0.637 e. The number of alkyl halides is 2. The van der Waals surface area contributed by atoms with Gasteiger partial charge in [0.15, 0.2) is 5.79 Å². The fourth-order valence-electron chi connectivity index (χ4n) is 0.458. The minimum atomic E-state index is -3.99. The molecule has 0 spiro atoms. The van der Waals surface area contributed by atoms with Crippen molar-refractivity contribution < 1.29 is 24.1 Å². The standard InChI is InChI=1S/C5H8ClFN2O6/c1-4(10,2-6)15-3-5(7,8(11)12)9(13)14/h10H,2-3H2,1H3. The van der Waals surface area contributed by atoms with Crippen LogP contribution in [0.4, 0.5) is 4.39 Å². The number of hydrogen-bond donors (Lipinski definition) is 1. The van der Waals surface area contributed by atoms with Gasteiger partial charge in [0.2, 0.25) is 6.61 Å². The van der Waals surface area contributed by atoms with Crippen LogP contribution in [0.5, 0.6) is 0 Å². The molecule has 88 valence electrons. The van der Waals surface area contributed by atoms with Gasteiger partial charge in [0.05, 0.1) is 5.88 Å². The molecule has 1 unspecified atom stereocenters. The second kappa shape index (κ2) is 4.64. The topological polar surface area (TPSA) is 116 Å². The fraction of sp³-hybridized carbons (Fsp3) is 1.00. The number of nitrogens with zero attached hydrogens (tertiary/aromatic N) is 2. The van der Waals surface area contributed by atoms with E-state index in [-0.39, 0.29) is 0 Å². The fourth-order valence-corrected chi connectivity index (χ4v) is 0.535. The van der Waals surface area contributed by atoms with E-state index in [1.54, 1.807) is 0 Å². The van der Waals surface area contributed by atoms with E-state index in [0.29, 0.717) is 0 Å². The van der Waals surface area contributed by atoms with E-state index in [9.17, 15) is 24.6 Å². The van der Waals surface area contributed by atoms with Crippen LogP contribution in [0.2, 0.25) is 0 Å². The lowest BCUT2D eigenvalue weighted by atomic mass is 10.4. The number of hydrogen-bond acceptors (Lipinski definition) is 6. The molecule has 0 aliphatic carbocycles. The zero-order valence-corrected chi connectivity index (χ0v) is 8.31. The molecule has 0 aromatic carbocycles. The van der Waals surface area contributed by atoms with Crippen molar-refractivity contribution in [1.29, 1.82) is 0 Å². The number of halogens is 2. The number of aliphatic hydroxyl groups is 1. The summed E-state index contributed by atoms with van der Waals surface area (Å²) >= 11 is 5.14. The van der Waals surface area contributed by atoms with E-state index in [0.717, 1.165) is 6.92 Å². The van der Waals surface area contributed by atoms with Gasteiger partial charge in [-0.3, -0.25) is 20.2 Å². The minimum Gasteiger partial charge on any atom is -0.365 e. The summed E-state index contributed by atoms with van der Waals surface area (Å²) < 4.78 is 17.3. The van der Waals surface area contributed by atoms with Crippen molar-refractivity contribution in [2.24, 2.45) is 0 Å². The van der Waals surface area contributed by atoms with Crippen molar-refractivity contribution in [1.82, 2.24) is 0 Å². The quantitative estimate of drug-likeness (QED) is 0.234. The van der Waals surface area contributed by atoms with Crippen LogP contribution < -0.4 is 0 Å². The van der Waals surface area contributed by atoms with Crippen molar-refractivity contribution >= 4 is 11.6 Å². The van der Waals surface area contributed by atoms with Gasteiger partial charge in [0.25, 0.3) is 0 Å². The summed E-state index contributed by atoms with van der Waals surface area (Å²) in [5, 5.41) is 29.2. The number of nitro groups is 2. The lowest BCUT2D eigenvalue weighted by Gasteiger charge is -2.20. The van der Waals surface area contributed by atoms with Gasteiger partial charge in [0, 0.05) is 0 Å². The molecular formula is C5H8ClFN2O6. The van der Waals surface area contributed by atoms with E-state index in [1.807, 2.05) is 0 Å². The Kier molecular flexibility index (Phi) is 4.31. The molecule has 10 heteroatoms. The summed E-state index contributed by atoms with van der Waals surface area (Å²) in [7, 11) is 0. The highest BCUT2D eigenvalue weighted by Gasteiger charge is 2.59. The lowest BCUT2D eigenvalue weighted by molar-refractivity contribution is -0.834. The summed E-state index contributed by atoms with van der Waals surface area (Å²) in [5.74, 6) is -6.57. The molecule has 0 amide bonds. The Bertz CT molecular complexity index is 258. The average molecular weight is 247 g/mol. The molecule has 0 radical (unpaired) electrons. The Morgan fingerprint density at radius 2 is 1.87 bits per heavy atom. The molecule has 0 aliphatic rings. The van der Waals surface area contributed by atoms with Crippen LogP contribution in [-0.2, 0) is 4.74 Å².